The Hall–Kier alpha value is 3.50. The van der Waals surface area contributed by atoms with E-state index in [-0.39, 0.29) is 74.3 Å². The van der Waals surface area contributed by atoms with Gasteiger partial charge in [0.1, 0.15) is 0 Å². The van der Waals surface area contributed by atoms with Crippen LogP contribution in [0.25, 0.3) is 0 Å². The van der Waals surface area contributed by atoms with E-state index in [1.807, 2.05) is 125 Å². The highest BCUT2D eigenvalue weighted by atomic mass is 32.2. The topological polar surface area (TPSA) is 0 Å². The first-order chi connectivity index (χ1) is 14.1. The zero-order valence-electron chi connectivity index (χ0n) is 24.1. The SMILES string of the molecule is C.C.C.C.C.C.C.C.C.C.CSC.CSC.CSC.CSC.CSC.CSC.CSC.CSC.CSC.CSC. The van der Waals surface area contributed by atoms with Gasteiger partial charge in [-0.25, -0.2) is 0 Å². The smallest absolute Gasteiger partial charge is 0.0187 e. The van der Waals surface area contributed by atoms with Crippen molar-refractivity contribution in [3.63, 3.8) is 0 Å². The molecule has 0 nitrogen and oxygen atoms in total. The van der Waals surface area contributed by atoms with Crippen molar-refractivity contribution in [3.05, 3.63) is 0 Å². The zero-order chi connectivity index (χ0) is 27.1. The molecule has 0 aliphatic heterocycles. The summed E-state index contributed by atoms with van der Waals surface area (Å²) in [6.45, 7) is 0. The molecule has 0 amide bonds. The van der Waals surface area contributed by atoms with Gasteiger partial charge in [-0.05, 0) is 125 Å². The molecule has 0 heterocycles. The second-order valence-corrected chi connectivity index (χ2v) is 12.2. The molecule has 0 spiro atoms. The lowest BCUT2D eigenvalue weighted by Crippen LogP contribution is -1.25. The highest BCUT2D eigenvalue weighted by Gasteiger charge is 1.35. The molecule has 0 unspecified atom stereocenters. The number of hydrogen-bond donors (Lipinski definition) is 0. The van der Waals surface area contributed by atoms with Crippen LogP contribution in [0, 0.1) is 0 Å². The summed E-state index contributed by atoms with van der Waals surface area (Å²) in [4.78, 5) is 0. The molecule has 0 fully saturated rings. The molecular formula is C30H100S10. The van der Waals surface area contributed by atoms with Crippen LogP contribution in [0.15, 0.2) is 0 Å². The molecular weight excluding hydrogens is 681 g/mol. The Balaban J connectivity index is -0.00000000601. The molecule has 280 valence electrons. The maximum absolute atomic E-state index is 2.04. The van der Waals surface area contributed by atoms with E-state index in [4.69, 9.17) is 0 Å². The summed E-state index contributed by atoms with van der Waals surface area (Å²) < 4.78 is 0. The van der Waals surface area contributed by atoms with Crippen LogP contribution in [-0.4, -0.2) is 125 Å². The molecule has 0 radical (unpaired) electrons. The van der Waals surface area contributed by atoms with Gasteiger partial charge >= 0.3 is 0 Å². The standard InChI is InChI=1S/10C2H6S.10CH4/c10*1-3-2;;;;;;;;;;/h10*1-2H3;10*1H4. The Morgan fingerprint density at radius 2 is 0.125 bits per heavy atom. The van der Waals surface area contributed by atoms with Crippen LogP contribution in [0.1, 0.15) is 74.3 Å². The molecule has 0 rings (SSSR count). The third-order valence-electron chi connectivity index (χ3n) is 0. The highest BCUT2D eigenvalue weighted by molar-refractivity contribution is 7.99. The van der Waals surface area contributed by atoms with E-state index in [9.17, 15) is 0 Å². The summed E-state index contributed by atoms with van der Waals surface area (Å²) in [5, 5.41) is 0. The minimum Gasteiger partial charge on any atom is -0.169 e. The quantitative estimate of drug-likeness (QED) is 0.232. The average molecular weight is 782 g/mol. The number of rotatable bonds is 0. The van der Waals surface area contributed by atoms with Crippen molar-refractivity contribution < 1.29 is 0 Å². The van der Waals surface area contributed by atoms with Gasteiger partial charge in [0.25, 0.3) is 0 Å². The van der Waals surface area contributed by atoms with E-state index in [0.717, 1.165) is 0 Å². The Morgan fingerprint density at radius 3 is 0.125 bits per heavy atom. The number of thioether (sulfide) groups is 10. The van der Waals surface area contributed by atoms with Crippen LogP contribution in [0.2, 0.25) is 0 Å². The summed E-state index contributed by atoms with van der Waals surface area (Å²) in [6, 6.07) is 0. The maximum Gasteiger partial charge on any atom is -0.0187 e. The Labute approximate surface area is 314 Å². The lowest BCUT2D eigenvalue weighted by Gasteiger charge is -1.51. The lowest BCUT2D eigenvalue weighted by atomic mass is 11.9. The van der Waals surface area contributed by atoms with Gasteiger partial charge in [-0.15, -0.1) is 0 Å². The van der Waals surface area contributed by atoms with Crippen LogP contribution in [0.4, 0.5) is 0 Å². The van der Waals surface area contributed by atoms with Crippen molar-refractivity contribution in [3.8, 4) is 0 Å². The molecule has 0 aromatic carbocycles. The summed E-state index contributed by atoms with van der Waals surface area (Å²) in [5.41, 5.74) is 0. The first kappa shape index (κ1) is 142. The lowest BCUT2D eigenvalue weighted by molar-refractivity contribution is 2.37. The van der Waals surface area contributed by atoms with Crippen LogP contribution in [0.5, 0.6) is 0 Å². The van der Waals surface area contributed by atoms with Gasteiger partial charge in [-0.1, -0.05) is 74.3 Å². The first-order valence-corrected chi connectivity index (χ1v) is 24.5. The van der Waals surface area contributed by atoms with Crippen molar-refractivity contribution in [2.75, 3.05) is 125 Å². The molecule has 0 atom stereocenters. The van der Waals surface area contributed by atoms with E-state index in [1.165, 1.54) is 0 Å². The monoisotopic (exact) mass is 781 g/mol. The second kappa shape index (κ2) is 402. The number of hydrogen-bond acceptors (Lipinski definition) is 10. The van der Waals surface area contributed by atoms with Crippen LogP contribution in [-0.2, 0) is 0 Å². The molecule has 0 aliphatic rings. The van der Waals surface area contributed by atoms with E-state index < -0.39 is 0 Å². The molecule has 0 aromatic rings. The molecule has 0 aliphatic carbocycles. The normalized spacial score (nSPS) is 4.50. The third-order valence-corrected chi connectivity index (χ3v) is 0. The van der Waals surface area contributed by atoms with Crippen molar-refractivity contribution in [1.82, 2.24) is 0 Å². The fourth-order valence-corrected chi connectivity index (χ4v) is 0. The summed E-state index contributed by atoms with van der Waals surface area (Å²) in [7, 11) is 0. The fraction of sp³-hybridized carbons (Fsp3) is 1.00. The predicted molar refractivity (Wildman–Crippen MR) is 262 cm³/mol. The van der Waals surface area contributed by atoms with Crippen molar-refractivity contribution in [1.29, 1.82) is 0 Å². The van der Waals surface area contributed by atoms with E-state index in [2.05, 4.69) is 0 Å². The molecule has 0 bridgehead atoms. The van der Waals surface area contributed by atoms with Crippen LogP contribution >= 0.6 is 118 Å². The van der Waals surface area contributed by atoms with E-state index in [1.54, 1.807) is 118 Å². The predicted octanol–water partition coefficient (Wildman–Crippen LogP) is 16.2. The molecule has 0 saturated heterocycles. The fourth-order valence-electron chi connectivity index (χ4n) is 0. The molecule has 0 saturated carbocycles. The van der Waals surface area contributed by atoms with Gasteiger partial charge in [-0.2, -0.15) is 118 Å². The summed E-state index contributed by atoms with van der Waals surface area (Å²) >= 11 is 17.5. The van der Waals surface area contributed by atoms with Crippen LogP contribution < -0.4 is 0 Å². The molecule has 0 aromatic heterocycles. The summed E-state index contributed by atoms with van der Waals surface area (Å²) in [6.07, 6.45) is 40.8. The maximum atomic E-state index is 2.04. The van der Waals surface area contributed by atoms with Gasteiger partial charge in [0.05, 0.1) is 0 Å². The molecule has 40 heavy (non-hydrogen) atoms. The zero-order valence-corrected chi connectivity index (χ0v) is 32.2. The largest absolute Gasteiger partial charge is 0.169 e. The first-order valence-electron chi connectivity index (χ1n) is 8.16. The highest BCUT2D eigenvalue weighted by Crippen LogP contribution is 1.72. The minimum atomic E-state index is 0. The van der Waals surface area contributed by atoms with Crippen molar-refractivity contribution >= 4 is 118 Å². The average Bonchev–Trinajstić information content (AvgIpc) is 2.61. The van der Waals surface area contributed by atoms with Gasteiger partial charge in [0, 0.05) is 0 Å². The second-order valence-electron chi connectivity index (χ2n) is 4.08. The summed E-state index contributed by atoms with van der Waals surface area (Å²) in [5.74, 6) is 0. The minimum absolute atomic E-state index is 0. The van der Waals surface area contributed by atoms with Gasteiger partial charge in [0.15, 0.2) is 0 Å². The van der Waals surface area contributed by atoms with E-state index >= 15 is 0 Å². The molecule has 10 heteroatoms. The van der Waals surface area contributed by atoms with Crippen molar-refractivity contribution in [2.45, 2.75) is 74.3 Å². The third kappa shape index (κ3) is 5560. The Morgan fingerprint density at radius 1 is 0.125 bits per heavy atom. The Kier molecular flexibility index (Phi) is 1430. The van der Waals surface area contributed by atoms with Gasteiger partial charge in [0.2, 0.25) is 0 Å². The Bertz CT molecular complexity index is 65.7. The molecule has 0 N–H and O–H groups in total. The van der Waals surface area contributed by atoms with Gasteiger partial charge in [-0.3, -0.25) is 0 Å². The van der Waals surface area contributed by atoms with Crippen molar-refractivity contribution in [2.24, 2.45) is 0 Å². The van der Waals surface area contributed by atoms with Gasteiger partial charge < -0.3 is 0 Å². The van der Waals surface area contributed by atoms with Crippen LogP contribution in [0.3, 0.4) is 0 Å². The van der Waals surface area contributed by atoms with E-state index in [0.29, 0.717) is 0 Å².